The van der Waals surface area contributed by atoms with Crippen molar-refractivity contribution in [1.29, 1.82) is 0 Å². The molecule has 0 aromatic heterocycles. The molecular weight excluding hydrogens is 222 g/mol. The largest absolute Gasteiger partial charge is 0.311 e. The summed E-state index contributed by atoms with van der Waals surface area (Å²) in [6.45, 7) is 0.751. The van der Waals surface area contributed by atoms with Crippen LogP contribution in [0.15, 0.2) is 24.3 Å². The van der Waals surface area contributed by atoms with Crippen LogP contribution >= 0.6 is 11.6 Å². The third-order valence-corrected chi connectivity index (χ3v) is 3.90. The number of fused-ring (bicyclic) bond motifs is 2. The fraction of sp³-hybridized carbons (Fsp3) is 0.462. The van der Waals surface area contributed by atoms with Crippen molar-refractivity contribution in [3.05, 3.63) is 29.8 Å². The van der Waals surface area contributed by atoms with Crippen LogP contribution in [0.25, 0.3) is 0 Å². The summed E-state index contributed by atoms with van der Waals surface area (Å²) in [5, 5.41) is 0. The van der Waals surface area contributed by atoms with Gasteiger partial charge in [0.15, 0.2) is 0 Å². The number of halogens is 1. The average molecular weight is 236 g/mol. The monoisotopic (exact) mass is 235 g/mol. The van der Waals surface area contributed by atoms with Crippen LogP contribution < -0.4 is 4.90 Å². The third kappa shape index (κ3) is 1.23. The Bertz CT molecular complexity index is 439. The highest BCUT2D eigenvalue weighted by molar-refractivity contribution is 6.18. The summed E-state index contributed by atoms with van der Waals surface area (Å²) in [6.07, 6.45) is 2.89. The van der Waals surface area contributed by atoms with E-state index in [-0.39, 0.29) is 5.41 Å². The van der Waals surface area contributed by atoms with Crippen molar-refractivity contribution >= 4 is 23.2 Å². The lowest BCUT2D eigenvalue weighted by Crippen LogP contribution is -2.32. The fourth-order valence-electron chi connectivity index (χ4n) is 2.64. The number of rotatable bonds is 3. The summed E-state index contributed by atoms with van der Waals surface area (Å²) in [5.41, 5.74) is 2.19. The minimum absolute atomic E-state index is 0.150. The summed E-state index contributed by atoms with van der Waals surface area (Å²) in [7, 11) is 0. The highest BCUT2D eigenvalue weighted by atomic mass is 35.5. The molecular formula is C13H14ClNO. The fourth-order valence-corrected chi connectivity index (χ4v) is 2.76. The van der Waals surface area contributed by atoms with Gasteiger partial charge in [0.25, 0.3) is 0 Å². The second kappa shape index (κ2) is 3.49. The van der Waals surface area contributed by atoms with Crippen LogP contribution in [0.5, 0.6) is 0 Å². The van der Waals surface area contributed by atoms with E-state index in [2.05, 4.69) is 12.1 Å². The molecule has 2 aliphatic rings. The summed E-state index contributed by atoms with van der Waals surface area (Å²) in [4.78, 5) is 14.3. The van der Waals surface area contributed by atoms with E-state index in [1.165, 1.54) is 5.56 Å². The number of nitrogens with zero attached hydrogens (tertiary/aromatic N) is 1. The lowest BCUT2D eigenvalue weighted by molar-refractivity contribution is -0.120. The van der Waals surface area contributed by atoms with Crippen molar-refractivity contribution in [2.24, 2.45) is 0 Å². The topological polar surface area (TPSA) is 20.3 Å². The Balaban J connectivity index is 1.99. The summed E-state index contributed by atoms with van der Waals surface area (Å²) in [6, 6.07) is 8.17. The number of benzene rings is 1. The van der Waals surface area contributed by atoms with Crippen molar-refractivity contribution in [2.45, 2.75) is 24.7 Å². The van der Waals surface area contributed by atoms with E-state index in [4.69, 9.17) is 11.6 Å². The number of alkyl halides is 1. The number of carbonyl (C=O) groups excluding carboxylic acids is 1. The van der Waals surface area contributed by atoms with Gasteiger partial charge in [-0.3, -0.25) is 4.79 Å². The summed E-state index contributed by atoms with van der Waals surface area (Å²) < 4.78 is 0. The molecule has 2 nitrogen and oxygen atoms in total. The van der Waals surface area contributed by atoms with E-state index >= 15 is 0 Å². The van der Waals surface area contributed by atoms with Crippen LogP contribution in [0.3, 0.4) is 0 Å². The molecule has 1 aromatic rings. The Morgan fingerprint density at radius 1 is 1.31 bits per heavy atom. The van der Waals surface area contributed by atoms with Gasteiger partial charge in [-0.05, 0) is 30.9 Å². The maximum absolute atomic E-state index is 12.3. The predicted octanol–water partition coefficient (Wildman–Crippen LogP) is 2.69. The molecule has 1 amide bonds. The van der Waals surface area contributed by atoms with Crippen LogP contribution in [0.1, 0.15) is 24.8 Å². The van der Waals surface area contributed by atoms with Crippen LogP contribution in [-0.2, 0) is 10.2 Å². The minimum Gasteiger partial charge on any atom is -0.311 e. The molecule has 0 bridgehead atoms. The van der Waals surface area contributed by atoms with Crippen LogP contribution in [-0.4, -0.2) is 18.3 Å². The number of carbonyl (C=O) groups is 1. The molecule has 3 rings (SSSR count). The molecule has 0 N–H and O–H groups in total. The quantitative estimate of drug-likeness (QED) is 0.738. The van der Waals surface area contributed by atoms with Gasteiger partial charge in [0.2, 0.25) is 5.91 Å². The zero-order chi connectivity index (χ0) is 11.2. The maximum Gasteiger partial charge on any atom is 0.237 e. The molecule has 1 aliphatic heterocycles. The van der Waals surface area contributed by atoms with Gasteiger partial charge in [0.1, 0.15) is 0 Å². The van der Waals surface area contributed by atoms with Crippen LogP contribution in [0.4, 0.5) is 5.69 Å². The second-order valence-corrected chi connectivity index (χ2v) is 4.98. The first-order valence-electron chi connectivity index (χ1n) is 5.77. The molecule has 0 atom stereocenters. The maximum atomic E-state index is 12.3. The minimum atomic E-state index is -0.150. The molecule has 1 saturated carbocycles. The van der Waals surface area contributed by atoms with Crippen molar-refractivity contribution in [2.75, 3.05) is 17.3 Å². The number of hydrogen-bond donors (Lipinski definition) is 0. The van der Waals surface area contributed by atoms with Gasteiger partial charge in [-0.1, -0.05) is 18.2 Å². The molecule has 16 heavy (non-hydrogen) atoms. The predicted molar refractivity (Wildman–Crippen MR) is 65.0 cm³/mol. The lowest BCUT2D eigenvalue weighted by atomic mass is 9.98. The normalized spacial score (nSPS) is 20.3. The highest BCUT2D eigenvalue weighted by Crippen LogP contribution is 2.57. The Labute approximate surface area is 100 Å². The molecule has 1 aliphatic carbocycles. The molecule has 3 heteroatoms. The van der Waals surface area contributed by atoms with Crippen molar-refractivity contribution in [3.8, 4) is 0 Å². The number of anilines is 1. The van der Waals surface area contributed by atoms with Crippen molar-refractivity contribution in [1.82, 2.24) is 0 Å². The van der Waals surface area contributed by atoms with E-state index in [0.29, 0.717) is 11.8 Å². The Kier molecular flexibility index (Phi) is 2.21. The van der Waals surface area contributed by atoms with Crippen LogP contribution in [0, 0.1) is 0 Å². The number of para-hydroxylation sites is 1. The van der Waals surface area contributed by atoms with E-state index < -0.39 is 0 Å². The van der Waals surface area contributed by atoms with Gasteiger partial charge < -0.3 is 4.90 Å². The average Bonchev–Trinajstić information content (AvgIpc) is 3.07. The molecule has 0 saturated heterocycles. The highest BCUT2D eigenvalue weighted by Gasteiger charge is 2.58. The van der Waals surface area contributed by atoms with Crippen molar-refractivity contribution in [3.63, 3.8) is 0 Å². The standard InChI is InChI=1S/C13H14ClNO/c14-8-3-9-15-11-5-2-1-4-10(11)13(6-7-13)12(15)16/h1-2,4-5H,3,6-9H2. The van der Waals surface area contributed by atoms with E-state index in [1.54, 1.807) is 0 Å². The van der Waals surface area contributed by atoms with E-state index in [0.717, 1.165) is 31.5 Å². The second-order valence-electron chi connectivity index (χ2n) is 4.60. The summed E-state index contributed by atoms with van der Waals surface area (Å²) in [5.74, 6) is 0.901. The zero-order valence-corrected chi connectivity index (χ0v) is 9.83. The van der Waals surface area contributed by atoms with E-state index in [1.807, 2.05) is 17.0 Å². The SMILES string of the molecule is O=C1N(CCCCl)c2ccccc2C12CC2. The van der Waals surface area contributed by atoms with Gasteiger partial charge in [-0.2, -0.15) is 0 Å². The van der Waals surface area contributed by atoms with Crippen LogP contribution in [0.2, 0.25) is 0 Å². The van der Waals surface area contributed by atoms with Gasteiger partial charge in [-0.25, -0.2) is 0 Å². The lowest BCUT2D eigenvalue weighted by Gasteiger charge is -2.17. The van der Waals surface area contributed by atoms with Gasteiger partial charge in [0, 0.05) is 18.1 Å². The van der Waals surface area contributed by atoms with Crippen molar-refractivity contribution < 1.29 is 4.79 Å². The van der Waals surface area contributed by atoms with Gasteiger partial charge >= 0.3 is 0 Å². The Hall–Kier alpha value is -1.02. The Morgan fingerprint density at radius 2 is 2.06 bits per heavy atom. The first-order valence-corrected chi connectivity index (χ1v) is 6.30. The first-order chi connectivity index (χ1) is 7.79. The molecule has 0 radical (unpaired) electrons. The molecule has 1 fully saturated rings. The first kappa shape index (κ1) is 10.2. The molecule has 0 unspecified atom stereocenters. The number of amides is 1. The smallest absolute Gasteiger partial charge is 0.237 e. The number of hydrogen-bond acceptors (Lipinski definition) is 1. The Morgan fingerprint density at radius 3 is 2.75 bits per heavy atom. The van der Waals surface area contributed by atoms with Gasteiger partial charge in [0.05, 0.1) is 5.41 Å². The molecule has 84 valence electrons. The summed E-state index contributed by atoms with van der Waals surface area (Å²) >= 11 is 5.70. The van der Waals surface area contributed by atoms with Gasteiger partial charge in [-0.15, -0.1) is 11.6 Å². The third-order valence-electron chi connectivity index (χ3n) is 3.63. The van der Waals surface area contributed by atoms with E-state index in [9.17, 15) is 4.79 Å². The zero-order valence-electron chi connectivity index (χ0n) is 9.08. The molecule has 1 spiro atoms. The molecule has 1 aromatic carbocycles. The molecule has 1 heterocycles.